The fourth-order valence-electron chi connectivity index (χ4n) is 2.91. The van der Waals surface area contributed by atoms with E-state index in [0.717, 1.165) is 22.2 Å². The van der Waals surface area contributed by atoms with E-state index < -0.39 is 6.04 Å². The van der Waals surface area contributed by atoms with Gasteiger partial charge in [-0.25, -0.2) is 0 Å². The van der Waals surface area contributed by atoms with E-state index in [0.29, 0.717) is 26.0 Å². The van der Waals surface area contributed by atoms with Crippen LogP contribution in [0.5, 0.6) is 5.75 Å². The third-order valence-corrected chi connectivity index (χ3v) is 5.51. The highest BCUT2D eigenvalue weighted by Gasteiger charge is 2.26. The molecule has 0 saturated carbocycles. The summed E-state index contributed by atoms with van der Waals surface area (Å²) in [6, 6.07) is 16.9. The lowest BCUT2D eigenvalue weighted by Gasteiger charge is -2.29. The molecule has 1 N–H and O–H groups in total. The Balaban J connectivity index is 2.00. The number of benzene rings is 2. The molecule has 0 saturated heterocycles. The molecule has 2 amide bonds. The van der Waals surface area contributed by atoms with Crippen molar-refractivity contribution in [3.8, 4) is 5.75 Å². The van der Waals surface area contributed by atoms with Gasteiger partial charge >= 0.3 is 0 Å². The number of ether oxygens (including phenoxy) is 1. The van der Waals surface area contributed by atoms with Crippen molar-refractivity contribution in [3.05, 3.63) is 64.6 Å². The number of carbonyl (C=O) groups excluding carboxylic acids is 2. The van der Waals surface area contributed by atoms with Gasteiger partial charge in [-0.15, -0.1) is 0 Å². The lowest BCUT2D eigenvalue weighted by Crippen LogP contribution is -2.49. The topological polar surface area (TPSA) is 58.6 Å². The van der Waals surface area contributed by atoms with Gasteiger partial charge in [0.25, 0.3) is 0 Å². The molecular weight excluding hydrogens is 444 g/mol. The predicted molar refractivity (Wildman–Crippen MR) is 123 cm³/mol. The summed E-state index contributed by atoms with van der Waals surface area (Å²) in [5.41, 5.74) is 0.982. The average Bonchev–Trinajstić information content (AvgIpc) is 2.76. The van der Waals surface area contributed by atoms with E-state index in [9.17, 15) is 9.59 Å². The molecule has 0 aliphatic carbocycles. The largest absolute Gasteiger partial charge is 0.494 e. The Bertz CT molecular complexity index is 796. The minimum atomic E-state index is -0.551. The van der Waals surface area contributed by atoms with Crippen LogP contribution < -0.4 is 10.1 Å². The summed E-state index contributed by atoms with van der Waals surface area (Å²) in [6.07, 6.45) is 1.75. The summed E-state index contributed by atoms with van der Waals surface area (Å²) >= 11 is 3.43. The third kappa shape index (κ3) is 7.82. The Morgan fingerprint density at radius 1 is 1.07 bits per heavy atom. The van der Waals surface area contributed by atoms with Crippen molar-refractivity contribution in [1.82, 2.24) is 10.2 Å². The minimum Gasteiger partial charge on any atom is -0.494 e. The SMILES string of the molecule is CC[C@H](C)NC(=O)[C@@H](C)N(Cc1ccc(Br)cc1)C(=O)CCCOc1ccccc1. The van der Waals surface area contributed by atoms with Crippen molar-refractivity contribution in [2.75, 3.05) is 6.61 Å². The molecule has 2 aromatic rings. The highest BCUT2D eigenvalue weighted by atomic mass is 79.9. The molecule has 6 heteroatoms. The van der Waals surface area contributed by atoms with Crippen LogP contribution in [0.3, 0.4) is 0 Å². The van der Waals surface area contributed by atoms with Gasteiger partial charge in [0.15, 0.2) is 0 Å². The average molecular weight is 475 g/mol. The van der Waals surface area contributed by atoms with Gasteiger partial charge in [-0.3, -0.25) is 9.59 Å². The zero-order chi connectivity index (χ0) is 21.9. The molecule has 0 spiro atoms. The molecule has 0 aliphatic rings. The molecule has 5 nitrogen and oxygen atoms in total. The molecule has 2 rings (SSSR count). The maximum Gasteiger partial charge on any atom is 0.242 e. The van der Waals surface area contributed by atoms with Crippen molar-refractivity contribution >= 4 is 27.7 Å². The zero-order valence-corrected chi connectivity index (χ0v) is 19.5. The zero-order valence-electron chi connectivity index (χ0n) is 17.9. The Morgan fingerprint density at radius 3 is 2.37 bits per heavy atom. The normalized spacial score (nSPS) is 12.7. The lowest BCUT2D eigenvalue weighted by molar-refractivity contribution is -0.141. The molecule has 0 heterocycles. The second-order valence-electron chi connectivity index (χ2n) is 7.41. The molecular formula is C24H31BrN2O3. The van der Waals surface area contributed by atoms with Gasteiger partial charge in [0.05, 0.1) is 6.61 Å². The molecule has 0 radical (unpaired) electrons. The van der Waals surface area contributed by atoms with E-state index >= 15 is 0 Å². The summed E-state index contributed by atoms with van der Waals surface area (Å²) in [4.78, 5) is 27.3. The number of amides is 2. The molecule has 0 aliphatic heterocycles. The van der Waals surface area contributed by atoms with Gasteiger partial charge in [0.1, 0.15) is 11.8 Å². The molecule has 30 heavy (non-hydrogen) atoms. The van der Waals surface area contributed by atoms with Gasteiger partial charge in [0, 0.05) is 23.5 Å². The number of halogens is 1. The maximum absolute atomic E-state index is 13.0. The fraction of sp³-hybridized carbons (Fsp3) is 0.417. The third-order valence-electron chi connectivity index (χ3n) is 4.98. The van der Waals surface area contributed by atoms with Gasteiger partial charge in [0.2, 0.25) is 11.8 Å². The smallest absolute Gasteiger partial charge is 0.242 e. The second-order valence-corrected chi connectivity index (χ2v) is 8.32. The summed E-state index contributed by atoms with van der Waals surface area (Å²) in [6.45, 7) is 6.62. The molecule has 0 bridgehead atoms. The molecule has 2 aromatic carbocycles. The first-order valence-electron chi connectivity index (χ1n) is 10.4. The van der Waals surface area contributed by atoms with Crippen LogP contribution in [-0.4, -0.2) is 35.4 Å². The molecule has 162 valence electrons. The van der Waals surface area contributed by atoms with Crippen LogP contribution in [0.25, 0.3) is 0 Å². The van der Waals surface area contributed by atoms with Gasteiger partial charge in [-0.05, 0) is 56.5 Å². The lowest BCUT2D eigenvalue weighted by atomic mass is 10.1. The van der Waals surface area contributed by atoms with E-state index in [1.165, 1.54) is 0 Å². The highest BCUT2D eigenvalue weighted by Crippen LogP contribution is 2.16. The van der Waals surface area contributed by atoms with Crippen molar-refractivity contribution in [2.24, 2.45) is 0 Å². The summed E-state index contributed by atoms with van der Waals surface area (Å²) in [5.74, 6) is 0.606. The first-order valence-corrected chi connectivity index (χ1v) is 11.2. The van der Waals surface area contributed by atoms with Crippen LogP contribution in [-0.2, 0) is 16.1 Å². The first-order chi connectivity index (χ1) is 14.4. The van der Waals surface area contributed by atoms with Gasteiger partial charge in [-0.1, -0.05) is 53.2 Å². The Hall–Kier alpha value is -2.34. The molecule has 0 aromatic heterocycles. The van der Waals surface area contributed by atoms with Crippen molar-refractivity contribution in [3.63, 3.8) is 0 Å². The molecule has 2 atom stereocenters. The number of hydrogen-bond donors (Lipinski definition) is 1. The fourth-order valence-corrected chi connectivity index (χ4v) is 3.17. The van der Waals surface area contributed by atoms with Crippen LogP contribution >= 0.6 is 15.9 Å². The van der Waals surface area contributed by atoms with E-state index in [1.54, 1.807) is 11.8 Å². The number of carbonyl (C=O) groups is 2. The van der Waals surface area contributed by atoms with E-state index in [1.807, 2.05) is 68.4 Å². The number of rotatable bonds is 11. The summed E-state index contributed by atoms with van der Waals surface area (Å²) in [5, 5.41) is 2.98. The quantitative estimate of drug-likeness (QED) is 0.469. The summed E-state index contributed by atoms with van der Waals surface area (Å²) < 4.78 is 6.66. The van der Waals surface area contributed by atoms with Crippen LogP contribution in [0.4, 0.5) is 0 Å². The number of nitrogens with one attached hydrogen (secondary N) is 1. The van der Waals surface area contributed by atoms with Crippen molar-refractivity contribution in [2.45, 2.75) is 58.7 Å². The second kappa shape index (κ2) is 12.4. The Labute approximate surface area is 187 Å². The van der Waals surface area contributed by atoms with E-state index in [4.69, 9.17) is 4.74 Å². The highest BCUT2D eigenvalue weighted by molar-refractivity contribution is 9.10. The standard InChI is InChI=1S/C24H31BrN2O3/c1-4-18(2)26-24(29)19(3)27(17-20-12-14-21(25)15-13-20)23(28)11-8-16-30-22-9-6-5-7-10-22/h5-7,9-10,12-15,18-19H,4,8,11,16-17H2,1-3H3,(H,26,29)/t18-,19+/m0/s1. The van der Waals surface area contributed by atoms with Gasteiger partial charge in [-0.2, -0.15) is 0 Å². The molecule has 0 fully saturated rings. The Morgan fingerprint density at radius 2 is 1.73 bits per heavy atom. The monoisotopic (exact) mass is 474 g/mol. The van der Waals surface area contributed by atoms with Crippen molar-refractivity contribution in [1.29, 1.82) is 0 Å². The first kappa shape index (κ1) is 23.9. The number of hydrogen-bond acceptors (Lipinski definition) is 3. The van der Waals surface area contributed by atoms with Crippen LogP contribution in [0.1, 0.15) is 45.6 Å². The van der Waals surface area contributed by atoms with Crippen LogP contribution in [0.15, 0.2) is 59.1 Å². The van der Waals surface area contributed by atoms with E-state index in [-0.39, 0.29) is 17.9 Å². The maximum atomic E-state index is 13.0. The number of para-hydroxylation sites is 1. The van der Waals surface area contributed by atoms with Crippen LogP contribution in [0, 0.1) is 0 Å². The number of nitrogens with zero attached hydrogens (tertiary/aromatic N) is 1. The predicted octanol–water partition coefficient (Wildman–Crippen LogP) is 4.94. The molecule has 0 unspecified atom stereocenters. The van der Waals surface area contributed by atoms with E-state index in [2.05, 4.69) is 21.2 Å². The van der Waals surface area contributed by atoms with Crippen molar-refractivity contribution < 1.29 is 14.3 Å². The summed E-state index contributed by atoms with van der Waals surface area (Å²) in [7, 11) is 0. The van der Waals surface area contributed by atoms with Gasteiger partial charge < -0.3 is 15.0 Å². The minimum absolute atomic E-state index is 0.0543. The van der Waals surface area contributed by atoms with Crippen LogP contribution in [0.2, 0.25) is 0 Å². The Kier molecular flexibility index (Phi) is 9.87.